The van der Waals surface area contributed by atoms with Crippen LogP contribution in [0, 0.1) is 0 Å². The molecule has 0 spiro atoms. The first kappa shape index (κ1) is 18.4. The molecule has 170 valence electrons. The van der Waals surface area contributed by atoms with E-state index in [9.17, 15) is 0 Å². The Labute approximate surface area is 204 Å². The van der Waals surface area contributed by atoms with Crippen molar-refractivity contribution in [3.8, 4) is 5.75 Å². The number of benzene rings is 5. The van der Waals surface area contributed by atoms with Gasteiger partial charge in [-0.2, -0.15) is 0 Å². The van der Waals surface area contributed by atoms with Gasteiger partial charge < -0.3 is 18.9 Å². The molecular weight excluding hydrogens is 448 g/mol. The quantitative estimate of drug-likeness (QED) is 0.263. The number of para-hydroxylation sites is 3. The van der Waals surface area contributed by atoms with Crippen LogP contribution in [0.2, 0.25) is 0 Å². The average molecular weight is 466 g/mol. The number of furan rings is 2. The number of fused-ring (bicyclic) bond motifs is 12. The molecule has 8 aromatic rings. The fourth-order valence-corrected chi connectivity index (χ4v) is 5.93. The summed E-state index contributed by atoms with van der Waals surface area (Å²) in [4.78, 5) is 0. The van der Waals surface area contributed by atoms with Crippen molar-refractivity contribution in [1.82, 2.24) is 4.57 Å². The van der Waals surface area contributed by atoms with E-state index in [0.29, 0.717) is 0 Å². The largest absolute Gasteiger partial charge is 0.456 e. The van der Waals surface area contributed by atoms with Crippen LogP contribution in [-0.4, -0.2) is 4.57 Å². The van der Waals surface area contributed by atoms with E-state index in [1.807, 2.05) is 42.5 Å². The summed E-state index contributed by atoms with van der Waals surface area (Å²) in [6.07, 6.45) is -0.413. The summed E-state index contributed by atoms with van der Waals surface area (Å²) in [7, 11) is 0. The molecule has 0 saturated heterocycles. The molecule has 1 aliphatic rings. The molecule has 5 heteroatoms. The zero-order valence-corrected chi connectivity index (χ0v) is 19.0. The van der Waals surface area contributed by atoms with Crippen LogP contribution in [-0.2, 0) is 0 Å². The highest BCUT2D eigenvalue weighted by Crippen LogP contribution is 2.48. The van der Waals surface area contributed by atoms with E-state index in [0.717, 1.165) is 77.1 Å². The standard InChI is InChI=1S/C31H18N2O3/c1-4-10-22-19(8-1)27-23(15-13-18-17-7-2-5-11-24(17)35-29(18)27)33(22)31-32-21-14-16-26-28(30(21)36-31)20-9-3-6-12-25(20)34-26/h1-16,31-32H. The van der Waals surface area contributed by atoms with Crippen molar-refractivity contribution in [1.29, 1.82) is 0 Å². The third kappa shape index (κ3) is 2.20. The smallest absolute Gasteiger partial charge is 0.255 e. The van der Waals surface area contributed by atoms with Crippen LogP contribution in [0.15, 0.2) is 106 Å². The topological polar surface area (TPSA) is 52.5 Å². The minimum absolute atomic E-state index is 0.413. The van der Waals surface area contributed by atoms with Gasteiger partial charge in [0.2, 0.25) is 0 Å². The van der Waals surface area contributed by atoms with Gasteiger partial charge in [-0.05, 0) is 42.5 Å². The molecule has 0 saturated carbocycles. The van der Waals surface area contributed by atoms with E-state index >= 15 is 0 Å². The van der Waals surface area contributed by atoms with Gasteiger partial charge in [-0.1, -0.05) is 54.6 Å². The van der Waals surface area contributed by atoms with Gasteiger partial charge >= 0.3 is 0 Å². The van der Waals surface area contributed by atoms with E-state index in [4.69, 9.17) is 13.6 Å². The lowest BCUT2D eigenvalue weighted by atomic mass is 10.1. The van der Waals surface area contributed by atoms with Gasteiger partial charge in [0.25, 0.3) is 6.35 Å². The number of hydrogen-bond acceptors (Lipinski definition) is 4. The average Bonchev–Trinajstić information content (AvgIpc) is 3.67. The molecule has 0 bridgehead atoms. The second-order valence-electron chi connectivity index (χ2n) is 9.35. The monoisotopic (exact) mass is 466 g/mol. The third-order valence-electron chi connectivity index (χ3n) is 7.46. The molecule has 3 aromatic heterocycles. The molecule has 0 aliphatic carbocycles. The van der Waals surface area contributed by atoms with E-state index in [1.165, 1.54) is 0 Å². The van der Waals surface area contributed by atoms with Gasteiger partial charge in [0.15, 0.2) is 5.75 Å². The van der Waals surface area contributed by atoms with Gasteiger partial charge in [-0.25, -0.2) is 0 Å². The number of ether oxygens (including phenoxy) is 1. The Bertz CT molecular complexity index is 2180. The van der Waals surface area contributed by atoms with Crippen LogP contribution < -0.4 is 10.1 Å². The molecule has 1 aliphatic heterocycles. The maximum atomic E-state index is 6.68. The van der Waals surface area contributed by atoms with Crippen LogP contribution in [0.1, 0.15) is 6.35 Å². The van der Waals surface area contributed by atoms with E-state index in [1.54, 1.807) is 0 Å². The fraction of sp³-hybridized carbons (Fsp3) is 0.0323. The first-order valence-electron chi connectivity index (χ1n) is 12.1. The van der Waals surface area contributed by atoms with Gasteiger partial charge in [0, 0.05) is 21.5 Å². The van der Waals surface area contributed by atoms with Crippen molar-refractivity contribution in [3.63, 3.8) is 0 Å². The molecular formula is C31H18N2O3. The summed E-state index contributed by atoms with van der Waals surface area (Å²) in [6.45, 7) is 0. The Balaban J connectivity index is 1.32. The summed E-state index contributed by atoms with van der Waals surface area (Å²) >= 11 is 0. The van der Waals surface area contributed by atoms with Gasteiger partial charge in [-0.15, -0.1) is 0 Å². The third-order valence-corrected chi connectivity index (χ3v) is 7.46. The first-order chi connectivity index (χ1) is 17.8. The van der Waals surface area contributed by atoms with E-state index < -0.39 is 6.35 Å². The maximum absolute atomic E-state index is 6.68. The summed E-state index contributed by atoms with van der Waals surface area (Å²) in [5, 5.41) is 10.1. The minimum atomic E-state index is -0.413. The Morgan fingerprint density at radius 3 is 2.19 bits per heavy atom. The predicted octanol–water partition coefficient (Wildman–Crippen LogP) is 8.55. The molecule has 36 heavy (non-hydrogen) atoms. The molecule has 1 N–H and O–H groups in total. The highest BCUT2D eigenvalue weighted by Gasteiger charge is 2.30. The van der Waals surface area contributed by atoms with Crippen LogP contribution in [0.25, 0.3) is 65.7 Å². The highest BCUT2D eigenvalue weighted by atomic mass is 16.5. The highest BCUT2D eigenvalue weighted by molar-refractivity contribution is 6.23. The van der Waals surface area contributed by atoms with E-state index in [2.05, 4.69) is 64.5 Å². The number of anilines is 1. The molecule has 1 unspecified atom stereocenters. The Morgan fingerprint density at radius 1 is 0.556 bits per heavy atom. The van der Waals surface area contributed by atoms with Crippen molar-refractivity contribution in [3.05, 3.63) is 97.1 Å². The van der Waals surface area contributed by atoms with Gasteiger partial charge in [0.1, 0.15) is 22.3 Å². The van der Waals surface area contributed by atoms with Crippen molar-refractivity contribution in [2.24, 2.45) is 0 Å². The van der Waals surface area contributed by atoms with E-state index in [-0.39, 0.29) is 0 Å². The second kappa shape index (κ2) is 6.40. The lowest BCUT2D eigenvalue weighted by molar-refractivity contribution is 0.195. The Hall–Kier alpha value is -4.90. The maximum Gasteiger partial charge on any atom is 0.255 e. The van der Waals surface area contributed by atoms with Crippen LogP contribution in [0.3, 0.4) is 0 Å². The first-order valence-corrected chi connectivity index (χ1v) is 12.1. The van der Waals surface area contributed by atoms with Crippen LogP contribution in [0.5, 0.6) is 5.75 Å². The molecule has 1 atom stereocenters. The molecule has 9 rings (SSSR count). The number of aromatic nitrogens is 1. The summed E-state index contributed by atoms with van der Waals surface area (Å²) < 4.78 is 21.4. The number of hydrogen-bond donors (Lipinski definition) is 1. The Morgan fingerprint density at radius 2 is 1.31 bits per heavy atom. The summed E-state index contributed by atoms with van der Waals surface area (Å²) in [6, 6.07) is 33.1. The van der Waals surface area contributed by atoms with Crippen molar-refractivity contribution in [2.75, 3.05) is 5.32 Å². The number of nitrogens with zero attached hydrogens (tertiary/aromatic N) is 1. The van der Waals surface area contributed by atoms with Crippen LogP contribution >= 0.6 is 0 Å². The fourth-order valence-electron chi connectivity index (χ4n) is 5.93. The molecule has 4 heterocycles. The molecule has 5 aromatic carbocycles. The number of rotatable bonds is 1. The lowest BCUT2D eigenvalue weighted by Crippen LogP contribution is -2.18. The van der Waals surface area contributed by atoms with Crippen molar-refractivity contribution < 1.29 is 13.6 Å². The summed E-state index contributed by atoms with van der Waals surface area (Å²) in [5.74, 6) is 0.818. The number of nitrogens with one attached hydrogen (secondary N) is 1. The van der Waals surface area contributed by atoms with Gasteiger partial charge in [0.05, 0.1) is 27.5 Å². The predicted molar refractivity (Wildman–Crippen MR) is 144 cm³/mol. The molecule has 0 radical (unpaired) electrons. The van der Waals surface area contributed by atoms with Crippen LogP contribution in [0.4, 0.5) is 5.69 Å². The minimum Gasteiger partial charge on any atom is -0.456 e. The molecule has 0 fully saturated rings. The zero-order valence-electron chi connectivity index (χ0n) is 19.0. The molecule has 5 nitrogen and oxygen atoms in total. The SMILES string of the molecule is c1ccc2c(c1)oc1c2ccc2c1c1ccccc1n2C1Nc2ccc3oc4ccccc4c3c2O1. The summed E-state index contributed by atoms with van der Waals surface area (Å²) in [5.41, 5.74) is 6.58. The molecule has 0 amide bonds. The Kier molecular flexibility index (Phi) is 3.28. The lowest BCUT2D eigenvalue weighted by Gasteiger charge is -2.16. The van der Waals surface area contributed by atoms with Gasteiger partial charge in [-0.3, -0.25) is 4.57 Å². The zero-order chi connectivity index (χ0) is 23.4. The normalized spacial score (nSPS) is 15.4. The van der Waals surface area contributed by atoms with Crippen molar-refractivity contribution in [2.45, 2.75) is 6.35 Å². The van der Waals surface area contributed by atoms with Crippen molar-refractivity contribution >= 4 is 71.4 Å². The second-order valence-corrected chi connectivity index (χ2v) is 9.35.